The van der Waals surface area contributed by atoms with E-state index < -0.39 is 67.1 Å². The second-order valence-corrected chi connectivity index (χ2v) is 17.9. The van der Waals surface area contributed by atoms with Crippen LogP contribution in [0.1, 0.15) is 103 Å². The fraction of sp³-hybridized carbons (Fsp3) is 0.967. The minimum atomic E-state index is -4.56. The Balaban J connectivity index is 0.00000520. The molecule has 18 heteroatoms. The Bertz CT molecular complexity index is 1360. The number of rotatable bonds is 9. The molecular weight excluding hydrogens is 716 g/mol. The summed E-state index contributed by atoms with van der Waals surface area (Å²) < 4.78 is 67.6. The molecule has 0 bridgehead atoms. The van der Waals surface area contributed by atoms with Crippen molar-refractivity contribution < 1.29 is 58.0 Å². The molecule has 0 aromatic carbocycles. The van der Waals surface area contributed by atoms with Crippen LogP contribution in [0.25, 0.3) is 0 Å². The third-order valence-electron chi connectivity index (χ3n) is 11.3. The molecule has 5 saturated carbocycles. The molecule has 279 valence electrons. The van der Waals surface area contributed by atoms with E-state index >= 15 is 0 Å². The molecule has 0 spiro atoms. The summed E-state index contributed by atoms with van der Waals surface area (Å²) in [5, 5.41) is 44.3. The van der Waals surface area contributed by atoms with Crippen LogP contribution in [0.5, 0.6) is 0 Å². The van der Waals surface area contributed by atoms with E-state index in [1.54, 1.807) is 0 Å². The van der Waals surface area contributed by atoms with Gasteiger partial charge < -0.3 is 20.8 Å². The van der Waals surface area contributed by atoms with Crippen LogP contribution in [0.15, 0.2) is 20.5 Å². The van der Waals surface area contributed by atoms with Gasteiger partial charge in [-0.15, -0.1) is 0 Å². The molecule has 10 atom stereocenters. The number of hydrogen-bond donors (Lipinski definition) is 6. The van der Waals surface area contributed by atoms with Gasteiger partial charge in [0, 0.05) is 42.5 Å². The molecule has 5 fully saturated rings. The number of nitrogens with zero attached hydrogens (tertiary/aromatic N) is 4. The average Bonchev–Trinajstić information content (AvgIpc) is 3.00. The summed E-state index contributed by atoms with van der Waals surface area (Å²) in [6, 6.07) is -2.66. The van der Waals surface area contributed by atoms with Crippen molar-refractivity contribution in [3.05, 3.63) is 0 Å². The van der Waals surface area contributed by atoms with Crippen molar-refractivity contribution in [3.8, 4) is 0 Å². The number of aliphatic hydroxyl groups excluding tert-OH is 2. The number of hydrogen-bond acceptors (Lipinski definition) is 12. The van der Waals surface area contributed by atoms with Gasteiger partial charge in [0.1, 0.15) is 11.3 Å². The van der Waals surface area contributed by atoms with Crippen molar-refractivity contribution in [2.75, 3.05) is 0 Å². The molecule has 5 aliphatic carbocycles. The smallest absolute Gasteiger partial charge is 0.270 e. The fourth-order valence-electron chi connectivity index (χ4n) is 8.73. The van der Waals surface area contributed by atoms with E-state index in [1.807, 2.05) is 0 Å². The molecule has 1 amide bonds. The second-order valence-electron chi connectivity index (χ2n) is 14.6. The zero-order valence-electron chi connectivity index (χ0n) is 27.3. The van der Waals surface area contributed by atoms with E-state index in [0.717, 1.165) is 25.7 Å². The number of aliphatic hydroxyl groups is 2. The van der Waals surface area contributed by atoms with Gasteiger partial charge in [-0.1, -0.05) is 19.3 Å². The molecule has 0 saturated heterocycles. The Hall–Kier alpha value is -1.11. The standard InChI is InChI=1S/C30H52N6O9S2.Cu/c1-17(37)31-24-15-26(27(38)16-25(24)34-33-20-7-10-22(11-8-20)46(40,41)42)35-36-29-28(47(43,44)45)14-18-13-21(9-12-23(18)30(29)39)32-19-5-3-2-4-6-19;/h18-30,32,38-39H,2-16H2,1H3,(H,31,37)(H,40,41,42)(H,43,44,45);. The summed E-state index contributed by atoms with van der Waals surface area (Å²) >= 11 is 0. The molecule has 15 nitrogen and oxygen atoms in total. The van der Waals surface area contributed by atoms with E-state index in [-0.39, 0.29) is 79.0 Å². The van der Waals surface area contributed by atoms with Crippen LogP contribution in [0.4, 0.5) is 0 Å². The molecule has 48 heavy (non-hydrogen) atoms. The molecule has 10 unspecified atom stereocenters. The van der Waals surface area contributed by atoms with Gasteiger partial charge in [0.2, 0.25) is 5.91 Å². The van der Waals surface area contributed by atoms with Crippen molar-refractivity contribution in [2.45, 2.75) is 168 Å². The molecule has 0 aromatic rings. The first kappa shape index (κ1) is 39.7. The van der Waals surface area contributed by atoms with Crippen LogP contribution < -0.4 is 10.6 Å². The summed E-state index contributed by atoms with van der Waals surface area (Å²) in [6.07, 6.45) is 7.91. The Morgan fingerprint density at radius 1 is 0.708 bits per heavy atom. The summed E-state index contributed by atoms with van der Waals surface area (Å²) in [4.78, 5) is 12.0. The largest absolute Gasteiger partial charge is 0.391 e. The topological polar surface area (TPSA) is 240 Å². The van der Waals surface area contributed by atoms with Gasteiger partial charge in [-0.2, -0.15) is 37.3 Å². The zero-order valence-corrected chi connectivity index (χ0v) is 29.9. The van der Waals surface area contributed by atoms with Crippen LogP contribution >= 0.6 is 0 Å². The van der Waals surface area contributed by atoms with Gasteiger partial charge in [0.05, 0.1) is 41.6 Å². The first-order valence-corrected chi connectivity index (χ1v) is 20.3. The minimum absolute atomic E-state index is 0. The van der Waals surface area contributed by atoms with Crippen LogP contribution in [0, 0.1) is 11.8 Å². The van der Waals surface area contributed by atoms with E-state index in [2.05, 4.69) is 31.1 Å². The van der Waals surface area contributed by atoms with Crippen molar-refractivity contribution in [1.82, 2.24) is 10.6 Å². The normalized spacial score (nSPS) is 40.3. The average molecular weight is 768 g/mol. The number of carbonyl (C=O) groups is 1. The number of carbonyl (C=O) groups excluding carboxylic acids is 1. The van der Waals surface area contributed by atoms with Crippen molar-refractivity contribution in [3.63, 3.8) is 0 Å². The summed E-state index contributed by atoms with van der Waals surface area (Å²) in [7, 11) is -8.66. The van der Waals surface area contributed by atoms with E-state index in [0.29, 0.717) is 25.3 Å². The van der Waals surface area contributed by atoms with Crippen LogP contribution in [0.3, 0.4) is 0 Å². The van der Waals surface area contributed by atoms with Gasteiger partial charge in [0.25, 0.3) is 20.2 Å². The predicted molar refractivity (Wildman–Crippen MR) is 172 cm³/mol. The minimum Gasteiger partial charge on any atom is -0.391 e. The summed E-state index contributed by atoms with van der Waals surface area (Å²) in [5.41, 5.74) is 0. The van der Waals surface area contributed by atoms with Gasteiger partial charge in [-0.05, 0) is 82.5 Å². The third-order valence-corrected chi connectivity index (χ3v) is 13.8. The van der Waals surface area contributed by atoms with Crippen molar-refractivity contribution >= 4 is 26.1 Å². The van der Waals surface area contributed by atoms with Crippen molar-refractivity contribution in [2.24, 2.45) is 32.3 Å². The van der Waals surface area contributed by atoms with E-state index in [4.69, 9.17) is 0 Å². The number of nitrogens with one attached hydrogen (secondary N) is 2. The second kappa shape index (κ2) is 16.9. The molecule has 0 heterocycles. The maximum Gasteiger partial charge on any atom is 0.270 e. The van der Waals surface area contributed by atoms with Crippen molar-refractivity contribution in [1.29, 1.82) is 0 Å². The van der Waals surface area contributed by atoms with Crippen LogP contribution in [-0.2, 0) is 42.1 Å². The van der Waals surface area contributed by atoms with Gasteiger partial charge in [-0.3, -0.25) is 13.9 Å². The van der Waals surface area contributed by atoms with E-state index in [1.165, 1.54) is 26.2 Å². The predicted octanol–water partition coefficient (Wildman–Crippen LogP) is 2.58. The SMILES string of the molecule is CC(=O)NC1CC(N=NC2C(O)C3CCC(NC4CCCCC4)CC3CC2S(=O)(=O)O)C(O)CC1N=NC1CCC(S(=O)(=O)O)CC1.[Cu]. The Labute approximate surface area is 294 Å². The molecule has 0 aromatic heterocycles. The summed E-state index contributed by atoms with van der Waals surface area (Å²) in [5.74, 6) is -0.580. The molecule has 5 rings (SSSR count). The number of fused-ring (bicyclic) bond motifs is 1. The number of amides is 1. The van der Waals surface area contributed by atoms with Crippen LogP contribution in [-0.4, -0.2) is 107 Å². The Morgan fingerprint density at radius 2 is 1.38 bits per heavy atom. The summed E-state index contributed by atoms with van der Waals surface area (Å²) in [6.45, 7) is 1.36. The first-order chi connectivity index (χ1) is 22.2. The third kappa shape index (κ3) is 10.2. The molecular formula is C30H52CuN6O9S2. The maximum atomic E-state index is 12.6. The Kier molecular flexibility index (Phi) is 14.0. The van der Waals surface area contributed by atoms with Gasteiger partial charge in [-0.25, -0.2) is 0 Å². The fourth-order valence-corrected chi connectivity index (χ4v) is 10.7. The Morgan fingerprint density at radius 3 is 2.00 bits per heavy atom. The molecule has 6 N–H and O–H groups in total. The quantitative estimate of drug-likeness (QED) is 0.114. The van der Waals surface area contributed by atoms with Gasteiger partial charge >= 0.3 is 0 Å². The van der Waals surface area contributed by atoms with Crippen LogP contribution in [0.2, 0.25) is 0 Å². The van der Waals surface area contributed by atoms with E-state index in [9.17, 15) is 40.9 Å². The molecule has 1 radical (unpaired) electrons. The van der Waals surface area contributed by atoms with Gasteiger partial charge in [0.15, 0.2) is 0 Å². The molecule has 5 aliphatic rings. The molecule has 0 aliphatic heterocycles. The zero-order chi connectivity index (χ0) is 33.9. The number of azo groups is 2. The maximum absolute atomic E-state index is 12.6. The first-order valence-electron chi connectivity index (χ1n) is 17.3. The monoisotopic (exact) mass is 767 g/mol.